The number of oxazole rings is 1. The van der Waals surface area contributed by atoms with Crippen molar-refractivity contribution in [2.45, 2.75) is 6.42 Å². The third-order valence-electron chi connectivity index (χ3n) is 4.57. The number of anilines is 1. The maximum atomic E-state index is 12.3. The Hall–Kier alpha value is -3.42. The molecule has 6 nitrogen and oxygen atoms in total. The number of carboxylic acid groups (broad SMARTS) is 1. The van der Waals surface area contributed by atoms with Gasteiger partial charge in [0, 0.05) is 16.2 Å². The van der Waals surface area contributed by atoms with Gasteiger partial charge in [0.15, 0.2) is 5.58 Å². The zero-order chi connectivity index (χ0) is 22.7. The Morgan fingerprint density at radius 3 is 2.62 bits per heavy atom. The van der Waals surface area contributed by atoms with Gasteiger partial charge in [0.1, 0.15) is 5.52 Å². The second-order valence-electron chi connectivity index (χ2n) is 6.96. The molecule has 32 heavy (non-hydrogen) atoms. The second kappa shape index (κ2) is 9.38. The van der Waals surface area contributed by atoms with E-state index < -0.39 is 5.97 Å². The number of benzene rings is 3. The Balaban J connectivity index is 1.55. The summed E-state index contributed by atoms with van der Waals surface area (Å²) in [4.78, 5) is 27.7. The minimum Gasteiger partial charge on any atom is -0.481 e. The Labute approximate surface area is 196 Å². The van der Waals surface area contributed by atoms with Crippen LogP contribution in [0.3, 0.4) is 0 Å². The number of amides is 1. The van der Waals surface area contributed by atoms with Crippen molar-refractivity contribution in [2.75, 3.05) is 5.32 Å². The molecule has 0 saturated carbocycles. The molecule has 0 spiro atoms. The molecule has 1 heterocycles. The number of carboxylic acids is 1. The first-order valence-corrected chi connectivity index (χ1v) is 10.7. The number of nitrogens with zero attached hydrogens (tertiary/aromatic N) is 1. The zero-order valence-corrected chi connectivity index (χ0v) is 18.9. The lowest BCUT2D eigenvalue weighted by Gasteiger charge is -2.06. The maximum Gasteiger partial charge on any atom is 0.307 e. The number of carbonyl (C=O) groups excluding carboxylic acids is 1. The molecular weight excluding hydrogens is 496 g/mol. The van der Waals surface area contributed by atoms with E-state index in [1.165, 1.54) is 6.08 Å². The first-order valence-electron chi connectivity index (χ1n) is 9.53. The average molecular weight is 512 g/mol. The Morgan fingerprint density at radius 2 is 1.88 bits per heavy atom. The molecule has 0 atom stereocenters. The van der Waals surface area contributed by atoms with E-state index in [-0.39, 0.29) is 18.2 Å². The van der Waals surface area contributed by atoms with E-state index in [1.807, 2.05) is 24.3 Å². The van der Waals surface area contributed by atoms with E-state index in [1.54, 1.807) is 42.5 Å². The molecule has 0 aliphatic heterocycles. The van der Waals surface area contributed by atoms with Crippen LogP contribution in [0.1, 0.15) is 11.1 Å². The van der Waals surface area contributed by atoms with Gasteiger partial charge < -0.3 is 14.8 Å². The summed E-state index contributed by atoms with van der Waals surface area (Å²) in [6.07, 6.45) is 3.06. The normalized spacial score (nSPS) is 11.2. The smallest absolute Gasteiger partial charge is 0.307 e. The SMILES string of the molecule is O=C(O)Cc1ccc2oc(-c3cc(NC(=O)/C=C/c4ccc(Br)cc4)ccc3Cl)nc2c1. The summed E-state index contributed by atoms with van der Waals surface area (Å²) >= 11 is 9.72. The van der Waals surface area contributed by atoms with Crippen LogP contribution in [0.25, 0.3) is 28.6 Å². The van der Waals surface area contributed by atoms with Crippen molar-refractivity contribution in [3.8, 4) is 11.5 Å². The van der Waals surface area contributed by atoms with Crippen LogP contribution in [0.5, 0.6) is 0 Å². The number of fused-ring (bicyclic) bond motifs is 1. The van der Waals surface area contributed by atoms with E-state index in [0.29, 0.717) is 32.9 Å². The molecule has 0 aliphatic rings. The maximum absolute atomic E-state index is 12.3. The highest BCUT2D eigenvalue weighted by Gasteiger charge is 2.14. The van der Waals surface area contributed by atoms with E-state index >= 15 is 0 Å². The van der Waals surface area contributed by atoms with Crippen LogP contribution in [0.2, 0.25) is 5.02 Å². The van der Waals surface area contributed by atoms with Gasteiger partial charge in [0.05, 0.1) is 17.0 Å². The number of hydrogen-bond acceptors (Lipinski definition) is 4. The highest BCUT2D eigenvalue weighted by atomic mass is 79.9. The van der Waals surface area contributed by atoms with Gasteiger partial charge in [0.25, 0.3) is 0 Å². The summed E-state index contributed by atoms with van der Waals surface area (Å²) in [6, 6.07) is 17.6. The molecule has 1 amide bonds. The summed E-state index contributed by atoms with van der Waals surface area (Å²) in [5.41, 5.74) is 3.60. The molecule has 0 radical (unpaired) electrons. The fraction of sp³-hybridized carbons (Fsp3) is 0.0417. The monoisotopic (exact) mass is 510 g/mol. The summed E-state index contributed by atoms with van der Waals surface area (Å²) in [5, 5.41) is 12.2. The highest BCUT2D eigenvalue weighted by Crippen LogP contribution is 2.32. The summed E-state index contributed by atoms with van der Waals surface area (Å²) in [6.45, 7) is 0. The number of aliphatic carboxylic acids is 1. The molecule has 0 unspecified atom stereocenters. The van der Waals surface area contributed by atoms with Gasteiger partial charge in [0.2, 0.25) is 11.8 Å². The molecule has 2 N–H and O–H groups in total. The molecule has 160 valence electrons. The van der Waals surface area contributed by atoms with Gasteiger partial charge in [-0.1, -0.05) is 45.7 Å². The fourth-order valence-electron chi connectivity index (χ4n) is 3.07. The number of carbonyl (C=O) groups is 2. The van der Waals surface area contributed by atoms with Crippen molar-refractivity contribution in [3.05, 3.63) is 87.4 Å². The van der Waals surface area contributed by atoms with Crippen molar-refractivity contribution in [1.29, 1.82) is 0 Å². The molecule has 3 aromatic carbocycles. The predicted molar refractivity (Wildman–Crippen MR) is 128 cm³/mol. The fourth-order valence-corrected chi connectivity index (χ4v) is 3.53. The number of hydrogen-bond donors (Lipinski definition) is 2. The lowest BCUT2D eigenvalue weighted by Crippen LogP contribution is -2.07. The Morgan fingerprint density at radius 1 is 1.09 bits per heavy atom. The van der Waals surface area contributed by atoms with Crippen LogP contribution in [-0.2, 0) is 16.0 Å². The van der Waals surface area contributed by atoms with Crippen LogP contribution in [0.15, 0.2) is 75.6 Å². The van der Waals surface area contributed by atoms with Crippen LogP contribution in [0.4, 0.5) is 5.69 Å². The number of halogens is 2. The van der Waals surface area contributed by atoms with E-state index in [2.05, 4.69) is 26.2 Å². The first kappa shape index (κ1) is 21.8. The Kier molecular flexibility index (Phi) is 6.39. The average Bonchev–Trinajstić information content (AvgIpc) is 3.17. The summed E-state index contributed by atoms with van der Waals surface area (Å²) in [5.74, 6) is -0.940. The molecule has 4 rings (SSSR count). The summed E-state index contributed by atoms with van der Waals surface area (Å²) in [7, 11) is 0. The third kappa shape index (κ3) is 5.25. The van der Waals surface area contributed by atoms with Crippen LogP contribution >= 0.6 is 27.5 Å². The molecule has 8 heteroatoms. The second-order valence-corrected chi connectivity index (χ2v) is 8.28. The van der Waals surface area contributed by atoms with E-state index in [4.69, 9.17) is 21.1 Å². The molecule has 0 aliphatic carbocycles. The van der Waals surface area contributed by atoms with Gasteiger partial charge in [-0.15, -0.1) is 0 Å². The van der Waals surface area contributed by atoms with Gasteiger partial charge in [-0.2, -0.15) is 0 Å². The molecule has 4 aromatic rings. The minimum absolute atomic E-state index is 0.103. The topological polar surface area (TPSA) is 92.4 Å². The molecule has 1 aromatic heterocycles. The molecule has 0 bridgehead atoms. The molecular formula is C24H16BrClN2O4. The Bertz CT molecular complexity index is 1350. The third-order valence-corrected chi connectivity index (χ3v) is 5.43. The number of nitrogens with one attached hydrogen (secondary N) is 1. The van der Waals surface area contributed by atoms with Gasteiger partial charge in [-0.25, -0.2) is 4.98 Å². The predicted octanol–water partition coefficient (Wildman–Crippen LogP) is 6.19. The first-order chi connectivity index (χ1) is 15.4. The van der Waals surface area contributed by atoms with E-state index in [9.17, 15) is 9.59 Å². The van der Waals surface area contributed by atoms with Gasteiger partial charge >= 0.3 is 5.97 Å². The van der Waals surface area contributed by atoms with Crippen molar-refractivity contribution in [1.82, 2.24) is 4.98 Å². The summed E-state index contributed by atoms with van der Waals surface area (Å²) < 4.78 is 6.76. The molecule has 0 saturated heterocycles. The van der Waals surface area contributed by atoms with Crippen molar-refractivity contribution < 1.29 is 19.1 Å². The van der Waals surface area contributed by atoms with Crippen LogP contribution < -0.4 is 5.32 Å². The standard InChI is InChI=1S/C24H16BrClN2O4/c25-16-5-1-14(2-6-16)4-10-22(29)27-17-7-8-19(26)18(13-17)24-28-20-11-15(12-23(30)31)3-9-21(20)32-24/h1-11,13H,12H2,(H,27,29)(H,30,31)/b10-4+. The lowest BCUT2D eigenvalue weighted by atomic mass is 10.1. The van der Waals surface area contributed by atoms with Gasteiger partial charge in [-0.05, 0) is 59.7 Å². The van der Waals surface area contributed by atoms with Crippen molar-refractivity contribution in [2.24, 2.45) is 0 Å². The van der Waals surface area contributed by atoms with Gasteiger partial charge in [-0.3, -0.25) is 9.59 Å². The van der Waals surface area contributed by atoms with Crippen molar-refractivity contribution >= 4 is 62.3 Å². The quantitative estimate of drug-likeness (QED) is 0.301. The van der Waals surface area contributed by atoms with E-state index in [0.717, 1.165) is 10.0 Å². The largest absolute Gasteiger partial charge is 0.481 e. The highest BCUT2D eigenvalue weighted by molar-refractivity contribution is 9.10. The minimum atomic E-state index is -0.922. The van der Waals surface area contributed by atoms with Crippen LogP contribution in [0, 0.1) is 0 Å². The lowest BCUT2D eigenvalue weighted by molar-refractivity contribution is -0.136. The number of rotatable bonds is 6. The zero-order valence-electron chi connectivity index (χ0n) is 16.5. The van der Waals surface area contributed by atoms with Crippen LogP contribution in [-0.4, -0.2) is 22.0 Å². The van der Waals surface area contributed by atoms with Crippen molar-refractivity contribution in [3.63, 3.8) is 0 Å². The number of aromatic nitrogens is 1. The molecule has 0 fully saturated rings.